The summed E-state index contributed by atoms with van der Waals surface area (Å²) in [5.41, 5.74) is 0. The predicted molar refractivity (Wildman–Crippen MR) is 63.8 cm³/mol. The number of carbonyl (C=O) groups excluding carboxylic acids is 1. The van der Waals surface area contributed by atoms with Crippen molar-refractivity contribution >= 4 is 12.0 Å². The Hall–Kier alpha value is -1.30. The molecule has 0 saturated heterocycles. The molecule has 0 aliphatic carbocycles. The average Bonchev–Trinajstić information content (AvgIpc) is 2.25. The van der Waals surface area contributed by atoms with E-state index in [0.29, 0.717) is 0 Å². The second-order valence-electron chi connectivity index (χ2n) is 4.06. The van der Waals surface area contributed by atoms with Gasteiger partial charge in [0.15, 0.2) is 0 Å². The van der Waals surface area contributed by atoms with Gasteiger partial charge in [0.05, 0.1) is 0 Å². The lowest BCUT2D eigenvalue weighted by Crippen LogP contribution is -2.48. The molecular formula is C11H22N2O4. The van der Waals surface area contributed by atoms with E-state index in [-0.39, 0.29) is 19.1 Å². The van der Waals surface area contributed by atoms with Gasteiger partial charge in [-0.1, -0.05) is 19.8 Å². The van der Waals surface area contributed by atoms with Crippen LogP contribution in [-0.2, 0) is 4.79 Å². The highest BCUT2D eigenvalue weighted by molar-refractivity contribution is 5.82. The summed E-state index contributed by atoms with van der Waals surface area (Å²) in [4.78, 5) is 22.2. The molecule has 0 aromatic rings. The molecule has 17 heavy (non-hydrogen) atoms. The van der Waals surface area contributed by atoms with Crippen molar-refractivity contribution in [3.8, 4) is 0 Å². The second-order valence-corrected chi connectivity index (χ2v) is 4.06. The fraction of sp³-hybridized carbons (Fsp3) is 0.818. The summed E-state index contributed by atoms with van der Waals surface area (Å²) < 4.78 is 0. The van der Waals surface area contributed by atoms with Crippen LogP contribution in [0.2, 0.25) is 0 Å². The minimum Gasteiger partial charge on any atom is -0.480 e. The van der Waals surface area contributed by atoms with Gasteiger partial charge in [-0.25, -0.2) is 9.59 Å². The summed E-state index contributed by atoms with van der Waals surface area (Å²) in [6, 6.07) is -1.54. The van der Waals surface area contributed by atoms with Crippen LogP contribution < -0.4 is 10.6 Å². The number of amides is 2. The number of aliphatic hydroxyl groups is 1. The summed E-state index contributed by atoms with van der Waals surface area (Å²) in [5, 5.41) is 22.4. The van der Waals surface area contributed by atoms with Gasteiger partial charge in [-0.05, 0) is 13.3 Å². The van der Waals surface area contributed by atoms with Crippen LogP contribution in [0, 0.1) is 0 Å². The van der Waals surface area contributed by atoms with E-state index in [2.05, 4.69) is 17.6 Å². The number of rotatable bonds is 8. The molecule has 0 radical (unpaired) electrons. The summed E-state index contributed by atoms with van der Waals surface area (Å²) in [7, 11) is 0. The van der Waals surface area contributed by atoms with Gasteiger partial charge in [-0.2, -0.15) is 0 Å². The first-order chi connectivity index (χ1) is 8.01. The number of carboxylic acids is 1. The van der Waals surface area contributed by atoms with E-state index in [0.717, 1.165) is 19.3 Å². The number of nitrogens with one attached hydrogen (secondary N) is 2. The Morgan fingerprint density at radius 3 is 2.35 bits per heavy atom. The molecule has 0 heterocycles. The summed E-state index contributed by atoms with van der Waals surface area (Å²) >= 11 is 0. The Bertz CT molecular complexity index is 246. The summed E-state index contributed by atoms with van der Waals surface area (Å²) in [6.45, 7) is 3.66. The molecule has 0 fully saturated rings. The Morgan fingerprint density at radius 1 is 1.24 bits per heavy atom. The van der Waals surface area contributed by atoms with Crippen molar-refractivity contribution in [1.82, 2.24) is 10.6 Å². The maximum Gasteiger partial charge on any atom is 0.326 e. The molecule has 0 aliphatic heterocycles. The molecule has 0 bridgehead atoms. The highest BCUT2D eigenvalue weighted by atomic mass is 16.4. The molecule has 1 unspecified atom stereocenters. The largest absolute Gasteiger partial charge is 0.480 e. The standard InChI is InChI=1S/C11H22N2O4/c1-3-4-5-8(2)12-11(17)13-9(6-7-14)10(15)16/h8-9,14H,3-7H2,1-2H3,(H,15,16)(H2,12,13,17)/t8?,9-/m1/s1. The number of aliphatic hydroxyl groups excluding tert-OH is 1. The Morgan fingerprint density at radius 2 is 1.88 bits per heavy atom. The van der Waals surface area contributed by atoms with E-state index in [4.69, 9.17) is 10.2 Å². The van der Waals surface area contributed by atoms with Gasteiger partial charge in [0.2, 0.25) is 0 Å². The maximum atomic E-state index is 11.4. The highest BCUT2D eigenvalue weighted by Gasteiger charge is 2.19. The number of unbranched alkanes of at least 4 members (excludes halogenated alkanes) is 1. The fourth-order valence-electron chi connectivity index (χ4n) is 1.39. The van der Waals surface area contributed by atoms with E-state index < -0.39 is 18.0 Å². The molecular weight excluding hydrogens is 224 g/mol. The first kappa shape index (κ1) is 15.7. The van der Waals surface area contributed by atoms with Crippen LogP contribution in [0.1, 0.15) is 39.5 Å². The van der Waals surface area contributed by atoms with Gasteiger partial charge in [0.25, 0.3) is 0 Å². The average molecular weight is 246 g/mol. The quantitative estimate of drug-likeness (QED) is 0.506. The number of hydrogen-bond donors (Lipinski definition) is 4. The Labute approximate surface area is 101 Å². The molecule has 0 aromatic carbocycles. The van der Waals surface area contributed by atoms with Gasteiger partial charge >= 0.3 is 12.0 Å². The third-order valence-corrected chi connectivity index (χ3v) is 2.39. The molecule has 0 spiro atoms. The molecule has 0 aromatic heterocycles. The lowest BCUT2D eigenvalue weighted by Gasteiger charge is -2.17. The number of carboxylic acid groups (broad SMARTS) is 1. The topological polar surface area (TPSA) is 98.7 Å². The summed E-state index contributed by atoms with van der Waals surface area (Å²) in [5.74, 6) is -1.14. The van der Waals surface area contributed by atoms with Gasteiger partial charge in [-0.15, -0.1) is 0 Å². The highest BCUT2D eigenvalue weighted by Crippen LogP contribution is 1.99. The molecule has 0 saturated carbocycles. The number of urea groups is 1. The van der Waals surface area contributed by atoms with Crippen LogP contribution in [0.3, 0.4) is 0 Å². The van der Waals surface area contributed by atoms with E-state index in [1.165, 1.54) is 0 Å². The van der Waals surface area contributed by atoms with Crippen LogP contribution in [0.4, 0.5) is 4.79 Å². The maximum absolute atomic E-state index is 11.4. The van der Waals surface area contributed by atoms with E-state index in [9.17, 15) is 9.59 Å². The minimum absolute atomic E-state index is 0.00605. The smallest absolute Gasteiger partial charge is 0.326 e. The third kappa shape index (κ3) is 7.57. The lowest BCUT2D eigenvalue weighted by molar-refractivity contribution is -0.139. The van der Waals surface area contributed by atoms with Gasteiger partial charge in [-0.3, -0.25) is 0 Å². The molecule has 2 amide bonds. The molecule has 6 heteroatoms. The zero-order valence-corrected chi connectivity index (χ0v) is 10.4. The van der Waals surface area contributed by atoms with E-state index in [1.54, 1.807) is 0 Å². The molecule has 6 nitrogen and oxygen atoms in total. The van der Waals surface area contributed by atoms with Gasteiger partial charge in [0, 0.05) is 19.1 Å². The van der Waals surface area contributed by atoms with Crippen molar-refractivity contribution in [2.75, 3.05) is 6.61 Å². The predicted octanol–water partition coefficient (Wildman–Crippen LogP) is 0.700. The normalized spacial score (nSPS) is 13.8. The number of hydrogen-bond acceptors (Lipinski definition) is 3. The lowest BCUT2D eigenvalue weighted by atomic mass is 10.1. The van der Waals surface area contributed by atoms with E-state index >= 15 is 0 Å². The SMILES string of the molecule is CCCCC(C)NC(=O)N[C@H](CCO)C(=O)O. The van der Waals surface area contributed by atoms with Crippen molar-refractivity contribution in [2.24, 2.45) is 0 Å². The summed E-state index contributed by atoms with van der Waals surface area (Å²) in [6.07, 6.45) is 2.93. The van der Waals surface area contributed by atoms with Crippen LogP contribution in [0.15, 0.2) is 0 Å². The van der Waals surface area contributed by atoms with Crippen LogP contribution in [0.5, 0.6) is 0 Å². The Balaban J connectivity index is 4.00. The van der Waals surface area contributed by atoms with Crippen molar-refractivity contribution in [1.29, 1.82) is 0 Å². The van der Waals surface area contributed by atoms with Crippen LogP contribution in [0.25, 0.3) is 0 Å². The van der Waals surface area contributed by atoms with Crippen LogP contribution >= 0.6 is 0 Å². The van der Waals surface area contributed by atoms with Gasteiger partial charge in [0.1, 0.15) is 6.04 Å². The van der Waals surface area contributed by atoms with Crippen molar-refractivity contribution in [2.45, 2.75) is 51.6 Å². The monoisotopic (exact) mass is 246 g/mol. The third-order valence-electron chi connectivity index (χ3n) is 2.39. The minimum atomic E-state index is -1.14. The number of aliphatic carboxylic acids is 1. The molecule has 2 atom stereocenters. The van der Waals surface area contributed by atoms with Crippen LogP contribution in [-0.4, -0.2) is 40.9 Å². The fourth-order valence-corrected chi connectivity index (χ4v) is 1.39. The van der Waals surface area contributed by atoms with Crippen molar-refractivity contribution in [3.63, 3.8) is 0 Å². The first-order valence-corrected chi connectivity index (χ1v) is 5.92. The Kier molecular flexibility index (Phi) is 8.13. The molecule has 0 aliphatic rings. The molecule has 4 N–H and O–H groups in total. The molecule has 100 valence electrons. The first-order valence-electron chi connectivity index (χ1n) is 5.92. The molecule has 0 rings (SSSR count). The van der Waals surface area contributed by atoms with Gasteiger partial charge < -0.3 is 20.8 Å². The zero-order valence-electron chi connectivity index (χ0n) is 10.4. The van der Waals surface area contributed by atoms with Crippen molar-refractivity contribution in [3.05, 3.63) is 0 Å². The zero-order chi connectivity index (χ0) is 13.3. The van der Waals surface area contributed by atoms with Crippen molar-refractivity contribution < 1.29 is 19.8 Å². The van der Waals surface area contributed by atoms with E-state index in [1.807, 2.05) is 6.92 Å². The second kappa shape index (κ2) is 8.81. The number of carbonyl (C=O) groups is 2.